The third-order valence-electron chi connectivity index (χ3n) is 5.65. The van der Waals surface area contributed by atoms with Crippen LogP contribution in [0.2, 0.25) is 0 Å². The van der Waals surface area contributed by atoms with Gasteiger partial charge >= 0.3 is 0 Å². The first-order valence-corrected chi connectivity index (χ1v) is 10.2. The van der Waals surface area contributed by atoms with Gasteiger partial charge in [-0.05, 0) is 61.6 Å². The maximum absolute atomic E-state index is 13.0. The van der Waals surface area contributed by atoms with E-state index in [1.807, 2.05) is 58.0 Å². The molecule has 2 aromatic heterocycles. The molecule has 2 aromatic carbocycles. The smallest absolute Gasteiger partial charge is 0.272 e. The fourth-order valence-corrected chi connectivity index (χ4v) is 4.07. The van der Waals surface area contributed by atoms with Crippen molar-refractivity contribution in [3.8, 4) is 11.4 Å². The van der Waals surface area contributed by atoms with Crippen LogP contribution in [0, 0.1) is 6.92 Å². The lowest BCUT2D eigenvalue weighted by molar-refractivity contribution is 0.0944. The molecule has 0 unspecified atom stereocenters. The van der Waals surface area contributed by atoms with E-state index in [2.05, 4.69) is 29.5 Å². The molecule has 0 saturated carbocycles. The molecule has 0 bridgehead atoms. The maximum Gasteiger partial charge on any atom is 0.272 e. The van der Waals surface area contributed by atoms with Crippen molar-refractivity contribution in [3.63, 3.8) is 0 Å². The van der Waals surface area contributed by atoms with E-state index < -0.39 is 0 Å². The lowest BCUT2D eigenvalue weighted by Crippen LogP contribution is -2.24. The van der Waals surface area contributed by atoms with Crippen molar-refractivity contribution in [2.45, 2.75) is 32.7 Å². The van der Waals surface area contributed by atoms with Gasteiger partial charge in [0.2, 0.25) is 0 Å². The first-order chi connectivity index (χ1) is 14.7. The second-order valence-corrected chi connectivity index (χ2v) is 7.63. The second-order valence-electron chi connectivity index (χ2n) is 7.63. The number of nitrogens with one attached hydrogen (secondary N) is 1. The number of carbonyl (C=O) groups is 1. The minimum absolute atomic E-state index is 0.114. The highest BCUT2D eigenvalue weighted by atomic mass is 16.1. The summed E-state index contributed by atoms with van der Waals surface area (Å²) in [5, 5.41) is 12.0. The second kappa shape index (κ2) is 7.63. The van der Waals surface area contributed by atoms with Crippen LogP contribution in [0.4, 0.5) is 0 Å². The Labute approximate surface area is 175 Å². The Morgan fingerprint density at radius 3 is 2.67 bits per heavy atom. The Hall–Kier alpha value is -3.67. The van der Waals surface area contributed by atoms with Crippen molar-refractivity contribution in [1.82, 2.24) is 24.9 Å². The normalized spacial score (nSPS) is 12.7. The zero-order valence-electron chi connectivity index (χ0n) is 16.9. The summed E-state index contributed by atoms with van der Waals surface area (Å²) in [7, 11) is 0. The van der Waals surface area contributed by atoms with Gasteiger partial charge in [0.05, 0.1) is 11.4 Å². The molecule has 4 aromatic rings. The van der Waals surface area contributed by atoms with E-state index in [1.165, 1.54) is 0 Å². The molecule has 0 radical (unpaired) electrons. The van der Waals surface area contributed by atoms with Crippen LogP contribution in [0.1, 0.15) is 39.3 Å². The Morgan fingerprint density at radius 2 is 1.90 bits per heavy atom. The number of hydrogen-bond acceptors (Lipinski definition) is 3. The van der Waals surface area contributed by atoms with Crippen LogP contribution in [0.15, 0.2) is 67.0 Å². The number of para-hydroxylation sites is 1. The van der Waals surface area contributed by atoms with Crippen LogP contribution >= 0.6 is 0 Å². The summed E-state index contributed by atoms with van der Waals surface area (Å²) < 4.78 is 3.77. The van der Waals surface area contributed by atoms with Gasteiger partial charge in [-0.3, -0.25) is 4.79 Å². The average Bonchev–Trinajstić information content (AvgIpc) is 3.51. The number of fused-ring (bicyclic) bond motifs is 1. The molecular formula is C24H23N5O. The summed E-state index contributed by atoms with van der Waals surface area (Å²) in [6, 6.07) is 18.1. The monoisotopic (exact) mass is 397 g/mol. The summed E-state index contributed by atoms with van der Waals surface area (Å²) in [5.74, 6) is -0.114. The highest BCUT2D eigenvalue weighted by Gasteiger charge is 2.27. The molecule has 1 aliphatic carbocycles. The Balaban J connectivity index is 1.35. The molecule has 0 aliphatic heterocycles. The average molecular weight is 397 g/mol. The molecule has 150 valence electrons. The van der Waals surface area contributed by atoms with Gasteiger partial charge in [-0.2, -0.15) is 10.2 Å². The van der Waals surface area contributed by atoms with Gasteiger partial charge in [-0.15, -0.1) is 0 Å². The fourth-order valence-electron chi connectivity index (χ4n) is 4.07. The fraction of sp³-hybridized carbons (Fsp3) is 0.208. The van der Waals surface area contributed by atoms with Gasteiger partial charge in [0.1, 0.15) is 0 Å². The largest absolute Gasteiger partial charge is 0.347 e. The first-order valence-electron chi connectivity index (χ1n) is 10.2. The molecular weight excluding hydrogens is 374 g/mol. The van der Waals surface area contributed by atoms with Gasteiger partial charge in [0.15, 0.2) is 5.69 Å². The van der Waals surface area contributed by atoms with Crippen LogP contribution in [-0.4, -0.2) is 25.5 Å². The number of aromatic nitrogens is 4. The molecule has 30 heavy (non-hydrogen) atoms. The summed E-state index contributed by atoms with van der Waals surface area (Å²) in [6.07, 6.45) is 6.58. The molecule has 1 amide bonds. The van der Waals surface area contributed by atoms with Gasteiger partial charge < -0.3 is 5.32 Å². The van der Waals surface area contributed by atoms with Crippen molar-refractivity contribution in [1.29, 1.82) is 0 Å². The highest BCUT2D eigenvalue weighted by molar-refractivity contribution is 5.94. The Kier molecular flexibility index (Phi) is 4.67. The summed E-state index contributed by atoms with van der Waals surface area (Å²) in [5.41, 5.74) is 7.03. The molecule has 2 heterocycles. The molecule has 6 heteroatoms. The molecule has 6 nitrogen and oxygen atoms in total. The molecule has 0 saturated heterocycles. The molecule has 5 rings (SSSR count). The van der Waals surface area contributed by atoms with E-state index in [4.69, 9.17) is 5.10 Å². The molecule has 0 atom stereocenters. The highest BCUT2D eigenvalue weighted by Crippen LogP contribution is 2.28. The Bertz CT molecular complexity index is 1190. The van der Waals surface area contributed by atoms with Crippen molar-refractivity contribution in [3.05, 3.63) is 95.1 Å². The molecule has 0 fully saturated rings. The number of rotatable bonds is 5. The number of carbonyl (C=O) groups excluding carboxylic acids is 1. The van der Waals surface area contributed by atoms with Crippen LogP contribution in [0.5, 0.6) is 0 Å². The van der Waals surface area contributed by atoms with E-state index in [0.29, 0.717) is 12.2 Å². The van der Waals surface area contributed by atoms with E-state index in [9.17, 15) is 4.79 Å². The number of amides is 1. The molecule has 0 spiro atoms. The third kappa shape index (κ3) is 3.30. The van der Waals surface area contributed by atoms with Gasteiger partial charge in [-0.1, -0.05) is 30.3 Å². The van der Waals surface area contributed by atoms with Crippen LogP contribution in [-0.2, 0) is 19.4 Å². The summed E-state index contributed by atoms with van der Waals surface area (Å²) in [6.45, 7) is 2.54. The van der Waals surface area contributed by atoms with Crippen molar-refractivity contribution >= 4 is 5.91 Å². The van der Waals surface area contributed by atoms with Crippen LogP contribution < -0.4 is 5.32 Å². The van der Waals surface area contributed by atoms with Crippen LogP contribution in [0.3, 0.4) is 0 Å². The maximum atomic E-state index is 13.0. The number of hydrogen-bond donors (Lipinski definition) is 1. The van der Waals surface area contributed by atoms with Gasteiger partial charge in [0.25, 0.3) is 5.91 Å². The van der Waals surface area contributed by atoms with E-state index in [1.54, 1.807) is 6.20 Å². The SMILES string of the molecule is Cc1ccccc1-n1nc(C(=O)NCc2ccc(-n3cccn3)cc2)c2c1CCC2. The van der Waals surface area contributed by atoms with E-state index in [0.717, 1.165) is 53.0 Å². The predicted octanol–water partition coefficient (Wildman–Crippen LogP) is 3.79. The number of nitrogens with zero attached hydrogens (tertiary/aromatic N) is 4. The quantitative estimate of drug-likeness (QED) is 0.557. The van der Waals surface area contributed by atoms with Crippen molar-refractivity contribution < 1.29 is 4.79 Å². The lowest BCUT2D eigenvalue weighted by Gasteiger charge is -2.08. The van der Waals surface area contributed by atoms with Crippen molar-refractivity contribution in [2.24, 2.45) is 0 Å². The van der Waals surface area contributed by atoms with E-state index in [-0.39, 0.29) is 5.91 Å². The number of aryl methyl sites for hydroxylation is 1. The minimum atomic E-state index is -0.114. The van der Waals surface area contributed by atoms with Gasteiger partial charge in [-0.25, -0.2) is 9.36 Å². The lowest BCUT2D eigenvalue weighted by atomic mass is 10.1. The molecule has 1 aliphatic rings. The predicted molar refractivity (Wildman–Crippen MR) is 115 cm³/mol. The zero-order chi connectivity index (χ0) is 20.5. The van der Waals surface area contributed by atoms with Crippen LogP contribution in [0.25, 0.3) is 11.4 Å². The first kappa shape index (κ1) is 18.4. The zero-order valence-corrected chi connectivity index (χ0v) is 16.9. The third-order valence-corrected chi connectivity index (χ3v) is 5.65. The Morgan fingerprint density at radius 1 is 1.07 bits per heavy atom. The van der Waals surface area contributed by atoms with E-state index >= 15 is 0 Å². The molecule has 1 N–H and O–H groups in total. The van der Waals surface area contributed by atoms with Crippen molar-refractivity contribution in [2.75, 3.05) is 0 Å². The van der Waals surface area contributed by atoms with Gasteiger partial charge in [0, 0.05) is 30.2 Å². The standard InChI is InChI=1S/C24H23N5O/c1-17-6-2-3-8-21(17)29-22-9-4-7-20(22)23(27-29)24(30)25-16-18-10-12-19(13-11-18)28-15-5-14-26-28/h2-3,5-6,8,10-15H,4,7,9,16H2,1H3,(H,25,30). The number of benzene rings is 2. The minimum Gasteiger partial charge on any atom is -0.347 e. The summed E-state index contributed by atoms with van der Waals surface area (Å²) in [4.78, 5) is 13.0. The topological polar surface area (TPSA) is 64.7 Å². The summed E-state index contributed by atoms with van der Waals surface area (Å²) >= 11 is 0.